The minimum atomic E-state index is -0.339. The molecule has 88 valence electrons. The molecule has 2 rings (SSSR count). The van der Waals surface area contributed by atoms with Crippen LogP contribution in [0.25, 0.3) is 0 Å². The van der Waals surface area contributed by atoms with Crippen LogP contribution in [0.3, 0.4) is 0 Å². The summed E-state index contributed by atoms with van der Waals surface area (Å²) in [5, 5.41) is 9.80. The molecule has 2 fully saturated rings. The first-order chi connectivity index (χ1) is 7.26. The SMILES string of the molecule is COCC(O)C1CCC2(CC1)OCCO2. The lowest BCUT2D eigenvalue weighted by molar-refractivity contribution is -0.188. The fourth-order valence-corrected chi connectivity index (χ4v) is 2.56. The molecule has 1 unspecified atom stereocenters. The van der Waals surface area contributed by atoms with Gasteiger partial charge in [0.2, 0.25) is 0 Å². The lowest BCUT2D eigenvalue weighted by Crippen LogP contribution is -2.39. The van der Waals surface area contributed by atoms with E-state index in [0.717, 1.165) is 25.7 Å². The molecule has 2 aliphatic rings. The smallest absolute Gasteiger partial charge is 0.168 e. The molecule has 1 saturated heterocycles. The fraction of sp³-hybridized carbons (Fsp3) is 1.00. The third kappa shape index (κ3) is 2.50. The van der Waals surface area contributed by atoms with Gasteiger partial charge in [0.05, 0.1) is 25.9 Å². The van der Waals surface area contributed by atoms with Gasteiger partial charge in [-0.2, -0.15) is 0 Å². The van der Waals surface area contributed by atoms with Crippen molar-refractivity contribution in [2.45, 2.75) is 37.6 Å². The van der Waals surface area contributed by atoms with Gasteiger partial charge in [0.15, 0.2) is 5.79 Å². The van der Waals surface area contributed by atoms with Gasteiger partial charge in [-0.05, 0) is 18.8 Å². The van der Waals surface area contributed by atoms with Crippen LogP contribution < -0.4 is 0 Å². The first-order valence-electron chi connectivity index (χ1n) is 5.71. The zero-order valence-electron chi connectivity index (χ0n) is 9.28. The van der Waals surface area contributed by atoms with Crippen LogP contribution in [0.4, 0.5) is 0 Å². The minimum Gasteiger partial charge on any atom is -0.390 e. The Labute approximate surface area is 90.5 Å². The highest BCUT2D eigenvalue weighted by Gasteiger charge is 2.41. The van der Waals surface area contributed by atoms with E-state index in [2.05, 4.69) is 0 Å². The Hall–Kier alpha value is -0.160. The van der Waals surface area contributed by atoms with Gasteiger partial charge in [0.1, 0.15) is 0 Å². The van der Waals surface area contributed by atoms with E-state index in [1.807, 2.05) is 0 Å². The van der Waals surface area contributed by atoms with Gasteiger partial charge in [-0.1, -0.05) is 0 Å². The predicted octanol–water partition coefficient (Wildman–Crippen LogP) is 0.927. The average molecular weight is 216 g/mol. The van der Waals surface area contributed by atoms with Gasteiger partial charge >= 0.3 is 0 Å². The van der Waals surface area contributed by atoms with Gasteiger partial charge in [-0.3, -0.25) is 0 Å². The molecule has 1 atom stereocenters. The molecule has 4 nitrogen and oxygen atoms in total. The topological polar surface area (TPSA) is 47.9 Å². The molecule has 0 aromatic heterocycles. The molecule has 4 heteroatoms. The molecular weight excluding hydrogens is 196 g/mol. The highest BCUT2D eigenvalue weighted by atomic mass is 16.7. The van der Waals surface area contributed by atoms with Gasteiger partial charge < -0.3 is 19.3 Å². The molecule has 0 amide bonds. The molecule has 1 spiro atoms. The monoisotopic (exact) mass is 216 g/mol. The van der Waals surface area contributed by atoms with Crippen molar-refractivity contribution in [3.63, 3.8) is 0 Å². The van der Waals surface area contributed by atoms with Gasteiger partial charge in [-0.15, -0.1) is 0 Å². The Morgan fingerprint density at radius 1 is 1.33 bits per heavy atom. The molecule has 0 aromatic carbocycles. The van der Waals surface area contributed by atoms with Crippen molar-refractivity contribution >= 4 is 0 Å². The lowest BCUT2D eigenvalue weighted by Gasteiger charge is -2.36. The molecule has 1 aliphatic heterocycles. The van der Waals surface area contributed by atoms with Gasteiger partial charge in [0.25, 0.3) is 0 Å². The largest absolute Gasteiger partial charge is 0.390 e. The van der Waals surface area contributed by atoms with Crippen molar-refractivity contribution in [1.29, 1.82) is 0 Å². The van der Waals surface area contributed by atoms with Crippen molar-refractivity contribution < 1.29 is 19.3 Å². The van der Waals surface area contributed by atoms with E-state index in [1.54, 1.807) is 7.11 Å². The average Bonchev–Trinajstić information content (AvgIpc) is 2.68. The van der Waals surface area contributed by atoms with Crippen LogP contribution in [0.2, 0.25) is 0 Å². The number of hydrogen-bond acceptors (Lipinski definition) is 4. The van der Waals surface area contributed by atoms with Crippen molar-refractivity contribution in [2.75, 3.05) is 26.9 Å². The maximum atomic E-state index is 9.80. The summed E-state index contributed by atoms with van der Waals surface area (Å²) in [4.78, 5) is 0. The van der Waals surface area contributed by atoms with E-state index in [4.69, 9.17) is 14.2 Å². The number of aliphatic hydroxyl groups is 1. The van der Waals surface area contributed by atoms with Gasteiger partial charge in [-0.25, -0.2) is 0 Å². The zero-order valence-corrected chi connectivity index (χ0v) is 9.28. The summed E-state index contributed by atoms with van der Waals surface area (Å²) < 4.78 is 16.2. The second-order valence-electron chi connectivity index (χ2n) is 4.47. The number of methoxy groups -OCH3 is 1. The van der Waals surface area contributed by atoms with Crippen molar-refractivity contribution in [3.8, 4) is 0 Å². The predicted molar refractivity (Wildman–Crippen MR) is 54.5 cm³/mol. The highest BCUT2D eigenvalue weighted by Crippen LogP contribution is 2.39. The van der Waals surface area contributed by atoms with E-state index < -0.39 is 0 Å². The van der Waals surface area contributed by atoms with E-state index in [0.29, 0.717) is 25.7 Å². The van der Waals surface area contributed by atoms with Crippen LogP contribution in [0, 0.1) is 5.92 Å². The Bertz CT molecular complexity index is 191. The molecule has 1 aliphatic carbocycles. The Kier molecular flexibility index (Phi) is 3.61. The van der Waals surface area contributed by atoms with Crippen molar-refractivity contribution in [1.82, 2.24) is 0 Å². The number of rotatable bonds is 3. The maximum absolute atomic E-state index is 9.80. The summed E-state index contributed by atoms with van der Waals surface area (Å²) in [6.07, 6.45) is 3.39. The molecule has 15 heavy (non-hydrogen) atoms. The number of hydrogen-bond donors (Lipinski definition) is 1. The Balaban J connectivity index is 1.81. The molecule has 1 heterocycles. The standard InChI is InChI=1S/C11H20O4/c1-13-8-10(12)9-2-4-11(5-3-9)14-6-7-15-11/h9-10,12H,2-8H2,1H3. The first kappa shape index (κ1) is 11.3. The molecule has 0 aromatic rings. The number of ether oxygens (including phenoxy) is 3. The maximum Gasteiger partial charge on any atom is 0.168 e. The van der Waals surface area contributed by atoms with Crippen LogP contribution in [0.15, 0.2) is 0 Å². The second kappa shape index (κ2) is 4.78. The third-order valence-corrected chi connectivity index (χ3v) is 3.49. The first-order valence-corrected chi connectivity index (χ1v) is 5.71. The molecule has 0 radical (unpaired) electrons. The molecular formula is C11H20O4. The van der Waals surface area contributed by atoms with Crippen LogP contribution in [0.5, 0.6) is 0 Å². The third-order valence-electron chi connectivity index (χ3n) is 3.49. The minimum absolute atomic E-state index is 0.316. The summed E-state index contributed by atoms with van der Waals surface area (Å²) >= 11 is 0. The van der Waals surface area contributed by atoms with Crippen molar-refractivity contribution in [2.24, 2.45) is 5.92 Å². The highest BCUT2D eigenvalue weighted by molar-refractivity contribution is 4.84. The summed E-state index contributed by atoms with van der Waals surface area (Å²) in [7, 11) is 1.62. The van der Waals surface area contributed by atoms with Crippen LogP contribution >= 0.6 is 0 Å². The van der Waals surface area contributed by atoms with E-state index in [-0.39, 0.29) is 11.9 Å². The normalized spacial score (nSPS) is 28.4. The quantitative estimate of drug-likeness (QED) is 0.762. The lowest BCUT2D eigenvalue weighted by atomic mass is 9.82. The molecule has 1 saturated carbocycles. The van der Waals surface area contributed by atoms with E-state index >= 15 is 0 Å². The van der Waals surface area contributed by atoms with E-state index in [9.17, 15) is 5.11 Å². The van der Waals surface area contributed by atoms with Crippen LogP contribution in [-0.2, 0) is 14.2 Å². The number of aliphatic hydroxyl groups excluding tert-OH is 1. The van der Waals surface area contributed by atoms with Crippen molar-refractivity contribution in [3.05, 3.63) is 0 Å². The van der Waals surface area contributed by atoms with Crippen LogP contribution in [-0.4, -0.2) is 43.9 Å². The van der Waals surface area contributed by atoms with E-state index in [1.165, 1.54) is 0 Å². The fourth-order valence-electron chi connectivity index (χ4n) is 2.56. The second-order valence-corrected chi connectivity index (χ2v) is 4.47. The van der Waals surface area contributed by atoms with Crippen LogP contribution in [0.1, 0.15) is 25.7 Å². The summed E-state index contributed by atoms with van der Waals surface area (Å²) in [5.74, 6) is 0.0203. The summed E-state index contributed by atoms with van der Waals surface area (Å²) in [6, 6.07) is 0. The molecule has 0 bridgehead atoms. The summed E-state index contributed by atoms with van der Waals surface area (Å²) in [5.41, 5.74) is 0. The Morgan fingerprint density at radius 2 is 1.93 bits per heavy atom. The summed E-state index contributed by atoms with van der Waals surface area (Å²) in [6.45, 7) is 1.86. The zero-order chi connectivity index (χ0) is 10.7. The Morgan fingerprint density at radius 3 is 2.47 bits per heavy atom. The van der Waals surface area contributed by atoms with Gasteiger partial charge in [0, 0.05) is 20.0 Å². The molecule has 1 N–H and O–H groups in total.